The van der Waals surface area contributed by atoms with Crippen molar-refractivity contribution in [3.8, 4) is 11.4 Å². The zero-order valence-electron chi connectivity index (χ0n) is 15.3. The van der Waals surface area contributed by atoms with E-state index in [1.54, 1.807) is 18.3 Å². The van der Waals surface area contributed by atoms with Gasteiger partial charge in [0.1, 0.15) is 5.75 Å². The second-order valence-corrected chi connectivity index (χ2v) is 6.55. The second kappa shape index (κ2) is 7.40. The number of amides is 1. The van der Waals surface area contributed by atoms with Crippen LogP contribution in [-0.4, -0.2) is 21.8 Å². The van der Waals surface area contributed by atoms with Crippen molar-refractivity contribution >= 4 is 22.9 Å². The van der Waals surface area contributed by atoms with Crippen molar-refractivity contribution in [3.63, 3.8) is 0 Å². The van der Waals surface area contributed by atoms with Crippen LogP contribution in [0, 0.1) is 6.92 Å². The van der Waals surface area contributed by atoms with Crippen molar-refractivity contribution in [1.82, 2.24) is 9.99 Å². The van der Waals surface area contributed by atoms with Crippen LogP contribution in [0.3, 0.4) is 0 Å². The molecule has 0 radical (unpaired) electrons. The number of hydrogen-bond acceptors (Lipinski definition) is 3. The van der Waals surface area contributed by atoms with Gasteiger partial charge >= 0.3 is 0 Å². The molecule has 5 nitrogen and oxygen atoms in total. The van der Waals surface area contributed by atoms with Crippen molar-refractivity contribution in [2.45, 2.75) is 6.92 Å². The number of carbonyl (C=O) groups excluding carboxylic acids is 1. The molecule has 0 spiro atoms. The first-order valence-corrected chi connectivity index (χ1v) is 8.91. The number of benzene rings is 3. The lowest BCUT2D eigenvalue weighted by Gasteiger charge is -2.07. The van der Waals surface area contributed by atoms with E-state index in [2.05, 4.69) is 10.5 Å². The maximum atomic E-state index is 12.4. The molecule has 0 bridgehead atoms. The van der Waals surface area contributed by atoms with E-state index >= 15 is 0 Å². The highest BCUT2D eigenvalue weighted by atomic mass is 16.3. The molecule has 0 aliphatic rings. The molecule has 4 rings (SSSR count). The van der Waals surface area contributed by atoms with Crippen molar-refractivity contribution in [2.75, 3.05) is 0 Å². The van der Waals surface area contributed by atoms with E-state index in [0.717, 1.165) is 22.2 Å². The van der Waals surface area contributed by atoms with E-state index in [1.165, 1.54) is 5.56 Å². The molecule has 4 aromatic rings. The van der Waals surface area contributed by atoms with Crippen molar-refractivity contribution in [2.24, 2.45) is 5.10 Å². The van der Waals surface area contributed by atoms with Gasteiger partial charge in [0.05, 0.1) is 17.5 Å². The molecule has 0 saturated carbocycles. The topological polar surface area (TPSA) is 66.6 Å². The fourth-order valence-electron chi connectivity index (χ4n) is 3.07. The molecule has 0 saturated heterocycles. The Hall–Kier alpha value is -3.86. The van der Waals surface area contributed by atoms with Crippen molar-refractivity contribution in [1.29, 1.82) is 0 Å². The predicted octanol–water partition coefficient (Wildman–Crippen LogP) is 4.41. The summed E-state index contributed by atoms with van der Waals surface area (Å²) < 4.78 is 1.97. The molecule has 1 aromatic heterocycles. The fourth-order valence-corrected chi connectivity index (χ4v) is 3.07. The molecular formula is C23H19N3O2. The summed E-state index contributed by atoms with van der Waals surface area (Å²) in [4.78, 5) is 12.4. The summed E-state index contributed by atoms with van der Waals surface area (Å²) in [5.41, 5.74) is 5.70. The maximum Gasteiger partial charge on any atom is 0.275 e. The lowest BCUT2D eigenvalue weighted by molar-refractivity contribution is 0.0952. The van der Waals surface area contributed by atoms with Gasteiger partial charge < -0.3 is 9.67 Å². The molecule has 0 atom stereocenters. The maximum absolute atomic E-state index is 12.4. The minimum Gasteiger partial charge on any atom is -0.507 e. The average molecular weight is 369 g/mol. The number of phenols is 1. The third kappa shape index (κ3) is 3.50. The molecule has 0 aliphatic heterocycles. The highest BCUT2D eigenvalue weighted by Gasteiger charge is 2.11. The van der Waals surface area contributed by atoms with Gasteiger partial charge in [-0.3, -0.25) is 4.79 Å². The summed E-state index contributed by atoms with van der Waals surface area (Å²) in [5.74, 6) is -0.539. The number of rotatable bonds is 4. The van der Waals surface area contributed by atoms with E-state index < -0.39 is 5.91 Å². The van der Waals surface area contributed by atoms with E-state index in [9.17, 15) is 9.90 Å². The summed E-state index contributed by atoms with van der Waals surface area (Å²) in [6.45, 7) is 2.04. The van der Waals surface area contributed by atoms with E-state index in [0.29, 0.717) is 0 Å². The molecule has 138 valence electrons. The summed E-state index contributed by atoms with van der Waals surface area (Å²) >= 11 is 0. The second-order valence-electron chi connectivity index (χ2n) is 6.55. The predicted molar refractivity (Wildman–Crippen MR) is 111 cm³/mol. The number of nitrogens with one attached hydrogen (secondary N) is 1. The minimum absolute atomic E-state index is 0.0746. The van der Waals surface area contributed by atoms with Gasteiger partial charge in [-0.1, -0.05) is 42.0 Å². The number of carbonyl (C=O) groups is 1. The molecule has 0 aliphatic carbocycles. The van der Waals surface area contributed by atoms with Crippen LogP contribution in [0.4, 0.5) is 0 Å². The molecule has 1 amide bonds. The quantitative estimate of drug-likeness (QED) is 0.413. The van der Waals surface area contributed by atoms with Gasteiger partial charge in [-0.25, -0.2) is 5.43 Å². The number of phenolic OH excluding ortho intramolecular Hbond substituents is 1. The number of nitrogens with zero attached hydrogens (tertiary/aromatic N) is 2. The van der Waals surface area contributed by atoms with Crippen LogP contribution < -0.4 is 5.43 Å². The van der Waals surface area contributed by atoms with Crippen LogP contribution in [0.25, 0.3) is 16.5 Å². The Morgan fingerprint density at radius 2 is 1.71 bits per heavy atom. The largest absolute Gasteiger partial charge is 0.507 e. The number of fused-ring (bicyclic) bond motifs is 1. The Labute approximate surface area is 162 Å². The normalized spacial score (nSPS) is 11.2. The van der Waals surface area contributed by atoms with Crippen LogP contribution in [0.2, 0.25) is 0 Å². The fraction of sp³-hybridized carbons (Fsp3) is 0.0435. The van der Waals surface area contributed by atoms with Gasteiger partial charge in [-0.15, -0.1) is 0 Å². The van der Waals surface area contributed by atoms with Crippen LogP contribution in [0.15, 0.2) is 84.1 Å². The van der Waals surface area contributed by atoms with Crippen molar-refractivity contribution in [3.05, 3.63) is 95.8 Å². The van der Waals surface area contributed by atoms with Gasteiger partial charge in [0.15, 0.2) is 0 Å². The molecular weight excluding hydrogens is 350 g/mol. The highest BCUT2D eigenvalue weighted by Crippen LogP contribution is 2.24. The summed E-state index contributed by atoms with van der Waals surface area (Å²) in [6, 6.07) is 22.7. The van der Waals surface area contributed by atoms with Crippen LogP contribution in [-0.2, 0) is 0 Å². The Bertz CT molecular complexity index is 1170. The third-order valence-corrected chi connectivity index (χ3v) is 4.56. The van der Waals surface area contributed by atoms with Gasteiger partial charge in [0.25, 0.3) is 5.91 Å². The summed E-state index contributed by atoms with van der Waals surface area (Å²) in [6.07, 6.45) is 3.51. The monoisotopic (exact) mass is 369 g/mol. The molecule has 0 unspecified atom stereocenters. The minimum atomic E-state index is -0.465. The molecule has 5 heteroatoms. The van der Waals surface area contributed by atoms with E-state index in [4.69, 9.17) is 0 Å². The Morgan fingerprint density at radius 1 is 1.00 bits per heavy atom. The molecule has 2 N–H and O–H groups in total. The Balaban J connectivity index is 1.53. The Kier molecular flexibility index (Phi) is 4.64. The van der Waals surface area contributed by atoms with Crippen LogP contribution in [0.1, 0.15) is 21.6 Å². The number of aromatic hydroxyl groups is 1. The van der Waals surface area contributed by atoms with Crippen LogP contribution in [0.5, 0.6) is 5.75 Å². The van der Waals surface area contributed by atoms with Gasteiger partial charge in [-0.05, 0) is 54.1 Å². The van der Waals surface area contributed by atoms with Gasteiger partial charge in [0, 0.05) is 11.9 Å². The summed E-state index contributed by atoms with van der Waals surface area (Å²) in [5, 5.41) is 16.0. The first kappa shape index (κ1) is 17.5. The summed E-state index contributed by atoms with van der Waals surface area (Å²) in [7, 11) is 0. The van der Waals surface area contributed by atoms with Gasteiger partial charge in [-0.2, -0.15) is 5.10 Å². The average Bonchev–Trinajstić information content (AvgIpc) is 3.16. The molecule has 0 fully saturated rings. The molecule has 28 heavy (non-hydrogen) atoms. The standard InChI is InChI=1S/C23H19N3O2/c1-16-8-10-19(11-9-16)26-12-4-7-20(26)15-24-25-23(28)21-13-17-5-2-3-6-18(17)14-22(21)27/h2-15,27H,1H3,(H,25,28). The van der Waals surface area contributed by atoms with Crippen molar-refractivity contribution < 1.29 is 9.90 Å². The number of aryl methyl sites for hydroxylation is 1. The van der Waals surface area contributed by atoms with Gasteiger partial charge in [0.2, 0.25) is 0 Å². The van der Waals surface area contributed by atoms with Crippen LogP contribution >= 0.6 is 0 Å². The number of aromatic nitrogens is 1. The Morgan fingerprint density at radius 3 is 2.46 bits per heavy atom. The lowest BCUT2D eigenvalue weighted by atomic mass is 10.1. The molecule has 3 aromatic carbocycles. The SMILES string of the molecule is Cc1ccc(-n2cccc2C=NNC(=O)c2cc3ccccc3cc2O)cc1. The zero-order valence-corrected chi connectivity index (χ0v) is 15.3. The first-order chi connectivity index (χ1) is 13.6. The van der Waals surface area contributed by atoms with E-state index in [-0.39, 0.29) is 11.3 Å². The number of hydrazone groups is 1. The highest BCUT2D eigenvalue weighted by molar-refractivity contribution is 6.01. The van der Waals surface area contributed by atoms with E-state index in [1.807, 2.05) is 78.4 Å². The molecule has 1 heterocycles. The zero-order chi connectivity index (χ0) is 19.5. The smallest absolute Gasteiger partial charge is 0.275 e. The lowest BCUT2D eigenvalue weighted by Crippen LogP contribution is -2.18. The first-order valence-electron chi connectivity index (χ1n) is 8.91. The number of hydrogen-bond donors (Lipinski definition) is 2. The third-order valence-electron chi connectivity index (χ3n) is 4.56.